The fourth-order valence-electron chi connectivity index (χ4n) is 1.49. The summed E-state index contributed by atoms with van der Waals surface area (Å²) in [6, 6.07) is 3.71. The Morgan fingerprint density at radius 1 is 1.39 bits per heavy atom. The van der Waals surface area contributed by atoms with E-state index in [0.29, 0.717) is 5.56 Å². The third kappa shape index (κ3) is 6.07. The monoisotopic (exact) mass is 332 g/mol. The van der Waals surface area contributed by atoms with E-state index in [1.54, 1.807) is 13.0 Å². The quantitative estimate of drug-likeness (QED) is 0.606. The van der Waals surface area contributed by atoms with Gasteiger partial charge in [-0.15, -0.1) is 0 Å². The number of carbonyl (C=O) groups is 2. The first kappa shape index (κ1) is 18.6. The van der Waals surface area contributed by atoms with Gasteiger partial charge in [0.15, 0.2) is 5.60 Å². The Kier molecular flexibility index (Phi) is 6.26. The number of hydrogen-bond acceptors (Lipinski definition) is 4. The Balaban J connectivity index is 2.64. The molecule has 9 heteroatoms. The number of hydrogen-bond donors (Lipinski definition) is 4. The number of rotatable bonds is 7. The molecule has 0 bridgehead atoms. The molecule has 0 saturated heterocycles. The van der Waals surface area contributed by atoms with Crippen LogP contribution in [0.2, 0.25) is 0 Å². The Morgan fingerprint density at radius 2 is 2.04 bits per heavy atom. The molecule has 1 atom stereocenters. The van der Waals surface area contributed by atoms with Crippen LogP contribution in [0.4, 0.5) is 19.3 Å². The number of aliphatic carboxylic acids is 1. The molecule has 1 aromatic rings. The molecular formula is C14H18F2N2O5. The Bertz CT molecular complexity index is 578. The highest BCUT2D eigenvalue weighted by atomic mass is 19.3. The van der Waals surface area contributed by atoms with Gasteiger partial charge in [-0.25, -0.2) is 18.4 Å². The summed E-state index contributed by atoms with van der Waals surface area (Å²) in [5.41, 5.74) is -1.21. The number of carboxylic acids is 1. The summed E-state index contributed by atoms with van der Waals surface area (Å²) in [7, 11) is 0. The van der Waals surface area contributed by atoms with Gasteiger partial charge in [0.2, 0.25) is 0 Å². The van der Waals surface area contributed by atoms with E-state index in [1.165, 1.54) is 12.1 Å². The molecule has 0 heterocycles. The van der Waals surface area contributed by atoms with Gasteiger partial charge in [0.05, 0.1) is 6.54 Å². The lowest BCUT2D eigenvalue weighted by atomic mass is 10.1. The summed E-state index contributed by atoms with van der Waals surface area (Å²) < 4.78 is 29.3. The second-order valence-electron chi connectivity index (χ2n) is 5.07. The van der Waals surface area contributed by atoms with Crippen molar-refractivity contribution in [3.63, 3.8) is 0 Å². The molecule has 0 aromatic heterocycles. The fourth-order valence-corrected chi connectivity index (χ4v) is 1.49. The molecule has 4 N–H and O–H groups in total. The van der Waals surface area contributed by atoms with E-state index in [1.807, 2.05) is 0 Å². The van der Waals surface area contributed by atoms with Gasteiger partial charge in [0.25, 0.3) is 6.43 Å². The summed E-state index contributed by atoms with van der Waals surface area (Å²) in [6.45, 7) is 1.43. The first-order valence-electron chi connectivity index (χ1n) is 6.64. The zero-order valence-corrected chi connectivity index (χ0v) is 12.6. The van der Waals surface area contributed by atoms with E-state index in [9.17, 15) is 23.5 Å². The van der Waals surface area contributed by atoms with E-state index in [4.69, 9.17) is 9.84 Å². The van der Waals surface area contributed by atoms with E-state index in [2.05, 4.69) is 10.6 Å². The average Bonchev–Trinajstić information content (AvgIpc) is 2.45. The normalized spacial score (nSPS) is 13.3. The third-order valence-corrected chi connectivity index (χ3v) is 2.86. The molecule has 2 amide bonds. The van der Waals surface area contributed by atoms with Crippen LogP contribution in [0.1, 0.15) is 12.5 Å². The number of alkyl halides is 2. The number of carboxylic acid groups (broad SMARTS) is 1. The minimum Gasteiger partial charge on any atom is -0.487 e. The number of benzene rings is 1. The summed E-state index contributed by atoms with van der Waals surface area (Å²) in [5, 5.41) is 22.8. The van der Waals surface area contributed by atoms with Crippen molar-refractivity contribution in [2.75, 3.05) is 18.5 Å². The van der Waals surface area contributed by atoms with Gasteiger partial charge in [-0.2, -0.15) is 0 Å². The molecule has 1 rings (SSSR count). The van der Waals surface area contributed by atoms with Crippen molar-refractivity contribution in [1.29, 1.82) is 0 Å². The highest BCUT2D eigenvalue weighted by molar-refractivity contribution is 5.90. The van der Waals surface area contributed by atoms with Crippen molar-refractivity contribution < 1.29 is 33.3 Å². The Hall–Kier alpha value is -2.42. The molecule has 0 aliphatic carbocycles. The second kappa shape index (κ2) is 7.73. The molecule has 7 nitrogen and oxygen atoms in total. The number of halogens is 2. The van der Waals surface area contributed by atoms with Crippen molar-refractivity contribution >= 4 is 17.7 Å². The van der Waals surface area contributed by atoms with E-state index in [0.717, 1.165) is 6.92 Å². The molecule has 1 unspecified atom stereocenters. The van der Waals surface area contributed by atoms with Crippen molar-refractivity contribution in [1.82, 2.24) is 5.32 Å². The SMILES string of the molecule is Cc1ccc(NC(=O)NCC(C)(O)C(=O)O)cc1OCC(F)F. The lowest BCUT2D eigenvalue weighted by molar-refractivity contribution is -0.155. The maximum absolute atomic E-state index is 12.2. The second-order valence-corrected chi connectivity index (χ2v) is 5.07. The van der Waals surface area contributed by atoms with Crippen LogP contribution in [0.25, 0.3) is 0 Å². The summed E-state index contributed by atoms with van der Waals surface area (Å²) in [6.07, 6.45) is -2.62. The molecule has 128 valence electrons. The minimum absolute atomic E-state index is 0.195. The zero-order valence-electron chi connectivity index (χ0n) is 12.6. The van der Waals surface area contributed by atoms with Crippen molar-refractivity contribution in [2.24, 2.45) is 0 Å². The predicted molar refractivity (Wildman–Crippen MR) is 78.0 cm³/mol. The van der Waals surface area contributed by atoms with Crippen LogP contribution >= 0.6 is 0 Å². The van der Waals surface area contributed by atoms with Crippen LogP contribution in [-0.4, -0.2) is 47.4 Å². The maximum atomic E-state index is 12.2. The van der Waals surface area contributed by atoms with Gasteiger partial charge in [-0.3, -0.25) is 0 Å². The summed E-state index contributed by atoms with van der Waals surface area (Å²) >= 11 is 0. The third-order valence-electron chi connectivity index (χ3n) is 2.86. The largest absolute Gasteiger partial charge is 0.487 e. The molecule has 0 aliphatic heterocycles. The number of ether oxygens (including phenoxy) is 1. The number of carbonyl (C=O) groups excluding carboxylic acids is 1. The van der Waals surface area contributed by atoms with Crippen LogP contribution in [-0.2, 0) is 4.79 Å². The van der Waals surface area contributed by atoms with Gasteiger partial charge in [-0.05, 0) is 25.5 Å². The Morgan fingerprint density at radius 3 is 2.61 bits per heavy atom. The lowest BCUT2D eigenvalue weighted by Crippen LogP contribution is -2.47. The number of anilines is 1. The molecule has 1 aromatic carbocycles. The van der Waals surface area contributed by atoms with Gasteiger partial charge in [-0.1, -0.05) is 6.07 Å². The fraction of sp³-hybridized carbons (Fsp3) is 0.429. The number of aliphatic hydroxyl groups is 1. The van der Waals surface area contributed by atoms with Gasteiger partial charge >= 0.3 is 12.0 Å². The highest BCUT2D eigenvalue weighted by Gasteiger charge is 2.30. The van der Waals surface area contributed by atoms with Crippen molar-refractivity contribution in [3.8, 4) is 5.75 Å². The van der Waals surface area contributed by atoms with Gasteiger partial charge in [0, 0.05) is 11.8 Å². The molecule has 0 saturated carbocycles. The smallest absolute Gasteiger partial charge is 0.337 e. The van der Waals surface area contributed by atoms with E-state index in [-0.39, 0.29) is 11.4 Å². The number of nitrogens with one attached hydrogen (secondary N) is 2. The molecule has 23 heavy (non-hydrogen) atoms. The van der Waals surface area contributed by atoms with Gasteiger partial charge in [0.1, 0.15) is 12.4 Å². The van der Waals surface area contributed by atoms with E-state index >= 15 is 0 Å². The summed E-state index contributed by atoms with van der Waals surface area (Å²) in [4.78, 5) is 22.4. The molecule has 0 radical (unpaired) electrons. The average molecular weight is 332 g/mol. The Labute approximate surface area is 131 Å². The molecular weight excluding hydrogens is 314 g/mol. The first-order chi connectivity index (χ1) is 10.6. The van der Waals surface area contributed by atoms with E-state index < -0.39 is 37.2 Å². The van der Waals surface area contributed by atoms with Crippen LogP contribution in [0.5, 0.6) is 5.75 Å². The van der Waals surface area contributed by atoms with Crippen LogP contribution in [0.15, 0.2) is 18.2 Å². The van der Waals surface area contributed by atoms with Crippen LogP contribution < -0.4 is 15.4 Å². The number of amides is 2. The molecule has 0 spiro atoms. The van der Waals surface area contributed by atoms with Gasteiger partial charge < -0.3 is 25.6 Å². The zero-order chi connectivity index (χ0) is 17.6. The van der Waals surface area contributed by atoms with Crippen molar-refractivity contribution in [2.45, 2.75) is 25.9 Å². The topological polar surface area (TPSA) is 108 Å². The standard InChI is InChI=1S/C14H18F2N2O5/c1-8-3-4-9(5-10(8)23-6-11(15)16)18-13(21)17-7-14(2,22)12(19)20/h3-5,11,22H,6-7H2,1-2H3,(H,19,20)(H2,17,18,21). The summed E-state index contributed by atoms with van der Waals surface area (Å²) in [5.74, 6) is -1.28. The lowest BCUT2D eigenvalue weighted by Gasteiger charge is -2.18. The molecule has 0 aliphatic rings. The van der Waals surface area contributed by atoms with Crippen LogP contribution in [0.3, 0.4) is 0 Å². The number of urea groups is 1. The first-order valence-corrected chi connectivity index (χ1v) is 6.64. The van der Waals surface area contributed by atoms with Crippen molar-refractivity contribution in [3.05, 3.63) is 23.8 Å². The molecule has 0 fully saturated rings. The predicted octanol–water partition coefficient (Wildman–Crippen LogP) is 1.60. The van der Waals surface area contributed by atoms with Crippen LogP contribution in [0, 0.1) is 6.92 Å². The minimum atomic E-state index is -2.62. The number of aryl methyl sites for hydroxylation is 1. The maximum Gasteiger partial charge on any atom is 0.337 e. The highest BCUT2D eigenvalue weighted by Crippen LogP contribution is 2.23.